The third-order valence-electron chi connectivity index (χ3n) is 4.60. The first-order valence-corrected chi connectivity index (χ1v) is 10.4. The molecule has 2 aromatic carbocycles. The number of hydrogen-bond donors (Lipinski definition) is 2. The van der Waals surface area contributed by atoms with Crippen LogP contribution in [0.1, 0.15) is 17.3 Å². The van der Waals surface area contributed by atoms with Crippen molar-refractivity contribution in [1.29, 1.82) is 0 Å². The summed E-state index contributed by atoms with van der Waals surface area (Å²) in [5, 5.41) is 4.92. The maximum atomic E-state index is 13.4. The highest BCUT2D eigenvalue weighted by Crippen LogP contribution is 2.55. The van der Waals surface area contributed by atoms with E-state index in [2.05, 4.69) is 42.5 Å². The van der Waals surface area contributed by atoms with Gasteiger partial charge in [-0.15, -0.1) is 0 Å². The average Bonchev–Trinajstić information content (AvgIpc) is 3.11. The number of hydrogen-bond acceptors (Lipinski definition) is 3. The smallest absolute Gasteiger partial charge is 0.326 e. The zero-order valence-corrected chi connectivity index (χ0v) is 18.9. The van der Waals surface area contributed by atoms with Crippen LogP contribution < -0.4 is 15.4 Å². The highest BCUT2D eigenvalue weighted by Gasteiger charge is 2.65. The van der Waals surface area contributed by atoms with Gasteiger partial charge in [0.1, 0.15) is 5.75 Å². The standard InChI is InChI=1S/C19H15Br2ClF2N2O3/c1-9-12(19(9,23)24)8-29-16-13(20)6-10(7-14(16)21)25-18(28)26-17(27)11-4-2-3-5-15(11)22/h2-7,9,12H,8H2,1H3,(H2,25,26,27,28). The summed E-state index contributed by atoms with van der Waals surface area (Å²) in [4.78, 5) is 24.2. The summed E-state index contributed by atoms with van der Waals surface area (Å²) in [6.07, 6.45) is 0. The van der Waals surface area contributed by atoms with Gasteiger partial charge in [-0.2, -0.15) is 0 Å². The van der Waals surface area contributed by atoms with Crippen LogP contribution >= 0.6 is 43.5 Å². The lowest BCUT2D eigenvalue weighted by molar-refractivity contribution is 0.0763. The number of ether oxygens (including phenoxy) is 1. The normalized spacial score (nSPS) is 19.4. The largest absolute Gasteiger partial charge is 0.491 e. The van der Waals surface area contributed by atoms with Gasteiger partial charge in [-0.3, -0.25) is 10.1 Å². The summed E-state index contributed by atoms with van der Waals surface area (Å²) in [6.45, 7) is 1.36. The number of benzene rings is 2. The van der Waals surface area contributed by atoms with E-state index in [9.17, 15) is 18.4 Å². The zero-order valence-electron chi connectivity index (χ0n) is 14.9. The number of urea groups is 1. The van der Waals surface area contributed by atoms with E-state index in [1.165, 1.54) is 25.1 Å². The van der Waals surface area contributed by atoms with Crippen molar-refractivity contribution < 1.29 is 23.1 Å². The molecule has 1 saturated carbocycles. The Kier molecular flexibility index (Phi) is 6.50. The molecule has 5 nitrogen and oxygen atoms in total. The van der Waals surface area contributed by atoms with Crippen molar-refractivity contribution in [3.63, 3.8) is 0 Å². The quantitative estimate of drug-likeness (QED) is 0.471. The van der Waals surface area contributed by atoms with E-state index < -0.39 is 29.7 Å². The molecule has 2 unspecified atom stereocenters. The van der Waals surface area contributed by atoms with Crippen LogP contribution in [-0.2, 0) is 0 Å². The molecule has 2 aromatic rings. The number of halogens is 5. The van der Waals surface area contributed by atoms with Crippen molar-refractivity contribution in [2.75, 3.05) is 11.9 Å². The Balaban J connectivity index is 1.62. The van der Waals surface area contributed by atoms with Crippen molar-refractivity contribution >= 4 is 61.1 Å². The summed E-state index contributed by atoms with van der Waals surface area (Å²) >= 11 is 12.5. The van der Waals surface area contributed by atoms with Gasteiger partial charge in [0.2, 0.25) is 0 Å². The van der Waals surface area contributed by atoms with Gasteiger partial charge in [-0.25, -0.2) is 13.6 Å². The van der Waals surface area contributed by atoms with Crippen LogP contribution in [0.15, 0.2) is 45.3 Å². The van der Waals surface area contributed by atoms with Crippen LogP contribution in [0.25, 0.3) is 0 Å². The predicted molar refractivity (Wildman–Crippen MR) is 113 cm³/mol. The van der Waals surface area contributed by atoms with E-state index in [1.54, 1.807) is 18.2 Å². The van der Waals surface area contributed by atoms with Crippen molar-refractivity contribution in [3.05, 3.63) is 55.9 Å². The Labute approximate surface area is 187 Å². The van der Waals surface area contributed by atoms with E-state index in [0.29, 0.717) is 20.4 Å². The number of anilines is 1. The number of rotatable bonds is 5. The van der Waals surface area contributed by atoms with Crippen molar-refractivity contribution in [2.45, 2.75) is 12.8 Å². The molecule has 3 rings (SSSR count). The van der Waals surface area contributed by atoms with Crippen molar-refractivity contribution in [3.8, 4) is 5.75 Å². The lowest BCUT2D eigenvalue weighted by atomic mass is 10.2. The molecule has 2 N–H and O–H groups in total. The second-order valence-electron chi connectivity index (χ2n) is 6.54. The molecule has 0 radical (unpaired) electrons. The first-order valence-electron chi connectivity index (χ1n) is 8.47. The molecule has 0 aromatic heterocycles. The molecule has 0 spiro atoms. The van der Waals surface area contributed by atoms with Crippen LogP contribution in [0.4, 0.5) is 19.3 Å². The Bertz CT molecular complexity index is 951. The fourth-order valence-corrected chi connectivity index (χ4v) is 4.37. The minimum atomic E-state index is -2.70. The number of carbonyl (C=O) groups is 2. The minimum absolute atomic E-state index is 0.120. The molecule has 1 aliphatic rings. The SMILES string of the molecule is CC1C(COc2c(Br)cc(NC(=O)NC(=O)c3ccccc3Cl)cc2Br)C1(F)F. The summed E-state index contributed by atoms with van der Waals surface area (Å²) < 4.78 is 33.2. The van der Waals surface area contributed by atoms with Gasteiger partial charge in [0, 0.05) is 11.6 Å². The van der Waals surface area contributed by atoms with Gasteiger partial charge >= 0.3 is 6.03 Å². The predicted octanol–water partition coefficient (Wildman–Crippen LogP) is 6.11. The fraction of sp³-hybridized carbons (Fsp3) is 0.263. The zero-order chi connectivity index (χ0) is 21.3. The molecule has 0 bridgehead atoms. The minimum Gasteiger partial charge on any atom is -0.491 e. The van der Waals surface area contributed by atoms with Gasteiger partial charge in [0.15, 0.2) is 0 Å². The second kappa shape index (κ2) is 8.57. The maximum absolute atomic E-state index is 13.4. The molecule has 10 heteroatoms. The van der Waals surface area contributed by atoms with Crippen LogP contribution in [0.2, 0.25) is 5.02 Å². The van der Waals surface area contributed by atoms with Crippen molar-refractivity contribution in [1.82, 2.24) is 5.32 Å². The average molecular weight is 553 g/mol. The summed E-state index contributed by atoms with van der Waals surface area (Å²) in [6, 6.07) is 8.65. The first-order chi connectivity index (χ1) is 13.6. The van der Waals surface area contributed by atoms with Gasteiger partial charge in [-0.05, 0) is 56.1 Å². The lowest BCUT2D eigenvalue weighted by Gasteiger charge is -2.13. The molecule has 29 heavy (non-hydrogen) atoms. The number of carbonyl (C=O) groups excluding carboxylic acids is 2. The second-order valence-corrected chi connectivity index (χ2v) is 8.65. The van der Waals surface area contributed by atoms with E-state index in [1.807, 2.05) is 0 Å². The van der Waals surface area contributed by atoms with Crippen LogP contribution in [0, 0.1) is 11.8 Å². The molecule has 0 heterocycles. The number of nitrogens with one attached hydrogen (secondary N) is 2. The number of imide groups is 1. The Hall–Kier alpha value is -1.71. The highest BCUT2D eigenvalue weighted by atomic mass is 79.9. The third-order valence-corrected chi connectivity index (χ3v) is 6.11. The molecule has 2 atom stereocenters. The molecular formula is C19H15Br2ClF2N2O3. The lowest BCUT2D eigenvalue weighted by Crippen LogP contribution is -2.34. The topological polar surface area (TPSA) is 67.4 Å². The van der Waals surface area contributed by atoms with Gasteiger partial charge < -0.3 is 10.1 Å². The van der Waals surface area contributed by atoms with E-state index >= 15 is 0 Å². The Morgan fingerprint density at radius 1 is 1.21 bits per heavy atom. The monoisotopic (exact) mass is 550 g/mol. The third kappa shape index (κ3) is 4.90. The maximum Gasteiger partial charge on any atom is 0.326 e. The van der Waals surface area contributed by atoms with E-state index in [-0.39, 0.29) is 17.2 Å². The van der Waals surface area contributed by atoms with Gasteiger partial charge in [0.05, 0.1) is 32.1 Å². The molecular weight excluding hydrogens is 537 g/mol. The van der Waals surface area contributed by atoms with E-state index in [4.69, 9.17) is 16.3 Å². The molecule has 0 saturated heterocycles. The first kappa shape index (κ1) is 22.0. The molecule has 154 valence electrons. The summed E-state index contributed by atoms with van der Waals surface area (Å²) in [7, 11) is 0. The Morgan fingerprint density at radius 2 is 1.79 bits per heavy atom. The van der Waals surface area contributed by atoms with E-state index in [0.717, 1.165) is 0 Å². The molecule has 1 aliphatic carbocycles. The number of amides is 3. The van der Waals surface area contributed by atoms with Gasteiger partial charge in [-0.1, -0.05) is 30.7 Å². The van der Waals surface area contributed by atoms with Gasteiger partial charge in [0.25, 0.3) is 11.8 Å². The van der Waals surface area contributed by atoms with Crippen LogP contribution in [0.3, 0.4) is 0 Å². The van der Waals surface area contributed by atoms with Crippen molar-refractivity contribution in [2.24, 2.45) is 11.8 Å². The summed E-state index contributed by atoms with van der Waals surface area (Å²) in [5.74, 6) is -4.53. The molecule has 3 amide bonds. The highest BCUT2D eigenvalue weighted by molar-refractivity contribution is 9.11. The molecule has 0 aliphatic heterocycles. The fourth-order valence-electron chi connectivity index (χ4n) is 2.74. The number of alkyl halides is 2. The van der Waals surface area contributed by atoms with Crippen LogP contribution in [0.5, 0.6) is 5.75 Å². The Morgan fingerprint density at radius 3 is 2.34 bits per heavy atom. The molecule has 1 fully saturated rings. The summed E-state index contributed by atoms with van der Waals surface area (Å²) in [5.41, 5.74) is 0.521. The van der Waals surface area contributed by atoms with Crippen LogP contribution in [-0.4, -0.2) is 24.5 Å².